The van der Waals surface area contributed by atoms with Crippen LogP contribution in [0, 0.1) is 20.8 Å². The second-order valence-corrected chi connectivity index (χ2v) is 6.94. The lowest BCUT2D eigenvalue weighted by Crippen LogP contribution is -2.40. The smallest absolute Gasteiger partial charge is 0.217 e. The van der Waals surface area contributed by atoms with Gasteiger partial charge in [-0.1, -0.05) is 6.07 Å². The number of hydrogen-bond acceptors (Lipinski definition) is 2. The summed E-state index contributed by atoms with van der Waals surface area (Å²) in [4.78, 5) is 0. The number of aryl methyl sites for hydroxylation is 4. The summed E-state index contributed by atoms with van der Waals surface area (Å²) in [6.45, 7) is 7.39. The normalized spacial score (nSPS) is 12.7. The first-order chi connectivity index (χ1) is 12.0. The maximum Gasteiger partial charge on any atom is 0.217 e. The van der Waals surface area contributed by atoms with E-state index in [0.717, 1.165) is 30.0 Å². The molecule has 0 amide bonds. The quantitative estimate of drug-likeness (QED) is 0.652. The Morgan fingerprint density at radius 3 is 2.40 bits per heavy atom. The zero-order valence-corrected chi connectivity index (χ0v) is 15.6. The first kappa shape index (κ1) is 15.9. The van der Waals surface area contributed by atoms with Gasteiger partial charge in [0.2, 0.25) is 5.69 Å². The molecule has 1 aliphatic heterocycles. The lowest BCUT2D eigenvalue weighted by atomic mass is 9.90. The lowest BCUT2D eigenvalue weighted by molar-refractivity contribution is -0.686. The van der Waals surface area contributed by atoms with Gasteiger partial charge in [-0.3, -0.25) is 0 Å². The predicted octanol–water partition coefficient (Wildman–Crippen LogP) is 4.29. The summed E-state index contributed by atoms with van der Waals surface area (Å²) in [5.41, 5.74) is 7.51. The van der Waals surface area contributed by atoms with Crippen LogP contribution in [0.15, 0.2) is 30.5 Å². The molecule has 0 fully saturated rings. The Morgan fingerprint density at radius 1 is 0.880 bits per heavy atom. The third kappa shape index (κ3) is 2.38. The van der Waals surface area contributed by atoms with Crippen LogP contribution < -0.4 is 14.0 Å². The van der Waals surface area contributed by atoms with E-state index < -0.39 is 0 Å². The number of ether oxygens (including phenoxy) is 2. The molecule has 0 aliphatic carbocycles. The van der Waals surface area contributed by atoms with Crippen molar-refractivity contribution in [3.63, 3.8) is 0 Å². The third-order valence-corrected chi connectivity index (χ3v) is 5.45. The van der Waals surface area contributed by atoms with Crippen molar-refractivity contribution in [1.29, 1.82) is 0 Å². The molecule has 0 saturated carbocycles. The number of pyridine rings is 1. The molecule has 0 saturated heterocycles. The molecular weight excluding hydrogens is 310 g/mol. The molecular formula is C22H24NO2+. The summed E-state index contributed by atoms with van der Waals surface area (Å²) in [5, 5.41) is 2.44. The minimum Gasteiger partial charge on any atom is -0.496 e. The summed E-state index contributed by atoms with van der Waals surface area (Å²) >= 11 is 0. The topological polar surface area (TPSA) is 22.3 Å². The van der Waals surface area contributed by atoms with Gasteiger partial charge >= 0.3 is 0 Å². The minimum absolute atomic E-state index is 0.931. The molecule has 2 heterocycles. The summed E-state index contributed by atoms with van der Waals surface area (Å²) in [7, 11) is 3.50. The highest BCUT2D eigenvalue weighted by Gasteiger charge is 2.28. The van der Waals surface area contributed by atoms with E-state index in [-0.39, 0.29) is 0 Å². The molecule has 3 heteroatoms. The van der Waals surface area contributed by atoms with Gasteiger partial charge in [0, 0.05) is 17.9 Å². The summed E-state index contributed by atoms with van der Waals surface area (Å²) < 4.78 is 13.7. The van der Waals surface area contributed by atoms with E-state index in [1.54, 1.807) is 14.2 Å². The highest BCUT2D eigenvalue weighted by atomic mass is 16.5. The van der Waals surface area contributed by atoms with E-state index in [9.17, 15) is 0 Å². The van der Waals surface area contributed by atoms with E-state index in [0.29, 0.717) is 0 Å². The van der Waals surface area contributed by atoms with Crippen molar-refractivity contribution in [2.24, 2.45) is 0 Å². The number of methoxy groups -OCH3 is 2. The van der Waals surface area contributed by atoms with Crippen LogP contribution in [0.1, 0.15) is 22.3 Å². The Kier molecular flexibility index (Phi) is 3.68. The van der Waals surface area contributed by atoms with Gasteiger partial charge in [0.1, 0.15) is 11.5 Å². The van der Waals surface area contributed by atoms with Crippen LogP contribution in [0.25, 0.3) is 22.0 Å². The highest BCUT2D eigenvalue weighted by molar-refractivity contribution is 5.87. The zero-order chi connectivity index (χ0) is 17.7. The molecule has 25 heavy (non-hydrogen) atoms. The first-order valence-electron chi connectivity index (χ1n) is 8.72. The predicted molar refractivity (Wildman–Crippen MR) is 101 cm³/mol. The largest absolute Gasteiger partial charge is 0.496 e. The van der Waals surface area contributed by atoms with Gasteiger partial charge in [-0.25, -0.2) is 0 Å². The molecule has 0 bridgehead atoms. The second-order valence-electron chi connectivity index (χ2n) is 6.94. The van der Waals surface area contributed by atoms with Gasteiger partial charge in [-0.15, -0.1) is 0 Å². The number of rotatable bonds is 2. The number of fused-ring (bicyclic) bond motifs is 4. The number of aromatic nitrogens is 1. The fourth-order valence-electron chi connectivity index (χ4n) is 3.98. The SMILES string of the molecule is COc1cc2cc3[n+](cc2cc1C)CCc1cc(C)c(C)c(OC)c1-3. The Bertz CT molecular complexity index is 1010. The third-order valence-electron chi connectivity index (χ3n) is 5.45. The van der Waals surface area contributed by atoms with Gasteiger partial charge in [0.15, 0.2) is 12.7 Å². The van der Waals surface area contributed by atoms with Gasteiger partial charge < -0.3 is 9.47 Å². The molecule has 0 N–H and O–H groups in total. The summed E-state index contributed by atoms with van der Waals surface area (Å²) in [6, 6.07) is 8.92. The van der Waals surface area contributed by atoms with Crippen LogP contribution in [0.4, 0.5) is 0 Å². The van der Waals surface area contributed by atoms with Crippen LogP contribution in [0.5, 0.6) is 11.5 Å². The van der Waals surface area contributed by atoms with Crippen LogP contribution in [-0.2, 0) is 13.0 Å². The number of hydrogen-bond donors (Lipinski definition) is 0. The molecule has 0 radical (unpaired) electrons. The number of nitrogens with zero attached hydrogens (tertiary/aromatic N) is 1. The first-order valence-corrected chi connectivity index (χ1v) is 8.72. The van der Waals surface area contributed by atoms with Gasteiger partial charge in [0.05, 0.1) is 19.8 Å². The Morgan fingerprint density at radius 2 is 1.68 bits per heavy atom. The van der Waals surface area contributed by atoms with Crippen LogP contribution in [0.3, 0.4) is 0 Å². The monoisotopic (exact) mass is 334 g/mol. The molecule has 1 aliphatic rings. The molecule has 128 valence electrons. The Hall–Kier alpha value is -2.55. The van der Waals surface area contributed by atoms with Crippen molar-refractivity contribution in [3.8, 4) is 22.8 Å². The Balaban J connectivity index is 2.04. The van der Waals surface area contributed by atoms with Crippen molar-refractivity contribution < 1.29 is 14.0 Å². The molecule has 4 rings (SSSR count). The van der Waals surface area contributed by atoms with E-state index in [4.69, 9.17) is 9.47 Å². The molecule has 1 aromatic heterocycles. The average molecular weight is 334 g/mol. The Labute approximate surface area is 148 Å². The van der Waals surface area contributed by atoms with Crippen molar-refractivity contribution in [2.75, 3.05) is 14.2 Å². The van der Waals surface area contributed by atoms with Crippen LogP contribution in [-0.4, -0.2) is 14.2 Å². The standard InChI is InChI=1S/C22H24NO2/c1-13-8-16-6-7-23-12-18-9-14(2)20(24-4)11-17(18)10-19(23)21(16)22(25-5)15(13)3/h8-12H,6-7H2,1-5H3/q+1. The highest BCUT2D eigenvalue weighted by Crippen LogP contribution is 2.39. The van der Waals surface area contributed by atoms with Gasteiger partial charge in [-0.05, 0) is 60.5 Å². The molecule has 2 aromatic carbocycles. The summed E-state index contributed by atoms with van der Waals surface area (Å²) in [6.07, 6.45) is 3.29. The van der Waals surface area contributed by atoms with Crippen molar-refractivity contribution in [2.45, 2.75) is 33.7 Å². The number of benzene rings is 2. The van der Waals surface area contributed by atoms with Crippen molar-refractivity contribution >= 4 is 10.8 Å². The van der Waals surface area contributed by atoms with Gasteiger partial charge in [0.25, 0.3) is 0 Å². The summed E-state index contributed by atoms with van der Waals surface area (Å²) in [5.74, 6) is 1.93. The van der Waals surface area contributed by atoms with Crippen molar-refractivity contribution in [1.82, 2.24) is 0 Å². The molecule has 0 atom stereocenters. The van der Waals surface area contributed by atoms with E-state index in [2.05, 4.69) is 55.8 Å². The lowest BCUT2D eigenvalue weighted by Gasteiger charge is -2.21. The zero-order valence-electron chi connectivity index (χ0n) is 15.6. The van der Waals surface area contributed by atoms with Crippen molar-refractivity contribution in [3.05, 3.63) is 52.7 Å². The fourth-order valence-corrected chi connectivity index (χ4v) is 3.98. The molecule has 0 unspecified atom stereocenters. The fraction of sp³-hybridized carbons (Fsp3) is 0.318. The van der Waals surface area contributed by atoms with E-state index in [1.165, 1.54) is 38.7 Å². The second kappa shape index (κ2) is 5.76. The van der Waals surface area contributed by atoms with Gasteiger partial charge in [-0.2, -0.15) is 4.57 Å². The molecule has 0 spiro atoms. The maximum absolute atomic E-state index is 5.82. The minimum atomic E-state index is 0.931. The molecule has 3 aromatic rings. The maximum atomic E-state index is 5.82. The van der Waals surface area contributed by atoms with E-state index >= 15 is 0 Å². The van der Waals surface area contributed by atoms with E-state index in [1.807, 2.05) is 0 Å². The van der Waals surface area contributed by atoms with Crippen LogP contribution in [0.2, 0.25) is 0 Å². The average Bonchev–Trinajstić information content (AvgIpc) is 2.61. The van der Waals surface area contributed by atoms with Crippen LogP contribution >= 0.6 is 0 Å². The molecule has 3 nitrogen and oxygen atoms in total.